The maximum absolute atomic E-state index is 9.69. The van der Waals surface area contributed by atoms with Crippen molar-refractivity contribution in [2.75, 3.05) is 13.2 Å². The molecule has 2 aromatic heterocycles. The first kappa shape index (κ1) is 13.6. The lowest BCUT2D eigenvalue weighted by Gasteiger charge is -2.35. The normalized spacial score (nSPS) is 18.4. The Morgan fingerprint density at radius 3 is 2.85 bits per heavy atom. The van der Waals surface area contributed by atoms with Crippen molar-refractivity contribution in [3.63, 3.8) is 0 Å². The van der Waals surface area contributed by atoms with Crippen LogP contribution < -0.4 is 5.32 Å². The van der Waals surface area contributed by atoms with Gasteiger partial charge < -0.3 is 14.8 Å². The predicted molar refractivity (Wildman–Crippen MR) is 79.5 cm³/mol. The van der Waals surface area contributed by atoms with Gasteiger partial charge in [-0.1, -0.05) is 25.3 Å². The summed E-state index contributed by atoms with van der Waals surface area (Å²) in [6.45, 7) is 1.95. The molecule has 0 atom stereocenters. The average Bonchev–Trinajstić information content (AvgIpc) is 2.91. The van der Waals surface area contributed by atoms with E-state index in [9.17, 15) is 5.11 Å². The Kier molecular flexibility index (Phi) is 4.03. The molecule has 0 saturated heterocycles. The first-order valence-electron chi connectivity index (χ1n) is 7.56. The average molecular weight is 273 g/mol. The zero-order valence-corrected chi connectivity index (χ0v) is 11.9. The Labute approximate surface area is 119 Å². The highest BCUT2D eigenvalue weighted by atomic mass is 16.3. The fourth-order valence-corrected chi connectivity index (χ4v) is 3.22. The van der Waals surface area contributed by atoms with Crippen LogP contribution in [0.2, 0.25) is 0 Å². The summed E-state index contributed by atoms with van der Waals surface area (Å²) in [5.41, 5.74) is 2.14. The summed E-state index contributed by atoms with van der Waals surface area (Å²) in [4.78, 5) is 4.58. The van der Waals surface area contributed by atoms with Crippen LogP contribution in [0.4, 0.5) is 0 Å². The van der Waals surface area contributed by atoms with E-state index in [2.05, 4.69) is 16.5 Å². The Balaban J connectivity index is 1.58. The van der Waals surface area contributed by atoms with Gasteiger partial charge in [0.1, 0.15) is 5.65 Å². The topological polar surface area (TPSA) is 49.6 Å². The third-order valence-corrected chi connectivity index (χ3v) is 4.47. The molecule has 0 aromatic carbocycles. The molecule has 20 heavy (non-hydrogen) atoms. The van der Waals surface area contributed by atoms with E-state index in [0.717, 1.165) is 37.3 Å². The van der Waals surface area contributed by atoms with E-state index < -0.39 is 0 Å². The minimum absolute atomic E-state index is 0.0947. The molecule has 1 aliphatic carbocycles. The zero-order valence-electron chi connectivity index (χ0n) is 11.9. The molecule has 0 aliphatic heterocycles. The molecule has 2 N–H and O–H groups in total. The summed E-state index contributed by atoms with van der Waals surface area (Å²) in [7, 11) is 0. The van der Waals surface area contributed by atoms with Gasteiger partial charge in [0.2, 0.25) is 0 Å². The zero-order chi connectivity index (χ0) is 13.8. The highest BCUT2D eigenvalue weighted by Crippen LogP contribution is 2.35. The molecule has 4 heteroatoms. The lowest BCUT2D eigenvalue weighted by atomic mass is 9.74. The Morgan fingerprint density at radius 1 is 1.25 bits per heavy atom. The largest absolute Gasteiger partial charge is 0.396 e. The third kappa shape index (κ3) is 2.86. The summed E-state index contributed by atoms with van der Waals surface area (Å²) >= 11 is 0. The second-order valence-electron chi connectivity index (χ2n) is 6.02. The van der Waals surface area contributed by atoms with Crippen molar-refractivity contribution < 1.29 is 5.11 Å². The Morgan fingerprint density at radius 2 is 2.10 bits per heavy atom. The number of fused-ring (bicyclic) bond motifs is 1. The lowest BCUT2D eigenvalue weighted by Crippen LogP contribution is -2.38. The SMILES string of the molecule is OCC1(CNCc2cn3ccccc3n2)CCCCC1. The fourth-order valence-electron chi connectivity index (χ4n) is 3.22. The van der Waals surface area contributed by atoms with Crippen LogP contribution in [0.5, 0.6) is 0 Å². The first-order chi connectivity index (χ1) is 9.81. The number of aromatic nitrogens is 2. The van der Waals surface area contributed by atoms with Gasteiger partial charge in [0.15, 0.2) is 0 Å². The van der Waals surface area contributed by atoms with Crippen LogP contribution in [-0.2, 0) is 6.54 Å². The minimum atomic E-state index is 0.0947. The molecule has 1 fully saturated rings. The van der Waals surface area contributed by atoms with Gasteiger partial charge in [0, 0.05) is 37.5 Å². The van der Waals surface area contributed by atoms with Crippen molar-refractivity contribution in [1.82, 2.24) is 14.7 Å². The number of nitrogens with one attached hydrogen (secondary N) is 1. The highest BCUT2D eigenvalue weighted by Gasteiger charge is 2.30. The number of hydrogen-bond acceptors (Lipinski definition) is 3. The summed E-state index contributed by atoms with van der Waals surface area (Å²) in [5.74, 6) is 0. The molecular formula is C16H23N3O. The molecule has 0 unspecified atom stereocenters. The van der Waals surface area contributed by atoms with E-state index in [-0.39, 0.29) is 5.41 Å². The Bertz CT molecular complexity index is 525. The molecule has 1 saturated carbocycles. The maximum Gasteiger partial charge on any atom is 0.137 e. The number of imidazole rings is 1. The van der Waals surface area contributed by atoms with Gasteiger partial charge >= 0.3 is 0 Å². The highest BCUT2D eigenvalue weighted by molar-refractivity contribution is 5.39. The number of pyridine rings is 1. The van der Waals surface area contributed by atoms with Gasteiger partial charge in [-0.05, 0) is 25.0 Å². The molecule has 1 aliphatic rings. The van der Waals surface area contributed by atoms with Crippen molar-refractivity contribution >= 4 is 5.65 Å². The number of aliphatic hydroxyl groups excluding tert-OH is 1. The van der Waals surface area contributed by atoms with Crippen molar-refractivity contribution in [3.8, 4) is 0 Å². The molecule has 0 spiro atoms. The number of hydrogen-bond donors (Lipinski definition) is 2. The molecule has 108 valence electrons. The van der Waals surface area contributed by atoms with Gasteiger partial charge in [-0.15, -0.1) is 0 Å². The fraction of sp³-hybridized carbons (Fsp3) is 0.562. The first-order valence-corrected chi connectivity index (χ1v) is 7.56. The van der Waals surface area contributed by atoms with E-state index in [1.54, 1.807) is 0 Å². The molecule has 2 aromatic rings. The molecule has 0 bridgehead atoms. The van der Waals surface area contributed by atoms with Crippen molar-refractivity contribution in [2.45, 2.75) is 38.6 Å². The number of nitrogens with zero attached hydrogens (tertiary/aromatic N) is 2. The molecule has 0 radical (unpaired) electrons. The molecule has 0 amide bonds. The van der Waals surface area contributed by atoms with Crippen molar-refractivity contribution in [1.29, 1.82) is 0 Å². The third-order valence-electron chi connectivity index (χ3n) is 4.47. The summed E-state index contributed by atoms with van der Waals surface area (Å²) in [6.07, 6.45) is 10.2. The number of aliphatic hydroxyl groups is 1. The van der Waals surface area contributed by atoms with E-state index in [1.807, 2.05) is 28.8 Å². The standard InChI is InChI=1S/C16H23N3O/c20-13-16(7-3-1-4-8-16)12-17-10-14-11-19-9-5-2-6-15(19)18-14/h2,5-6,9,11,17,20H,1,3-4,7-8,10,12-13H2. The van der Waals surface area contributed by atoms with Crippen LogP contribution in [-0.4, -0.2) is 27.6 Å². The quantitative estimate of drug-likeness (QED) is 0.879. The Hall–Kier alpha value is -1.39. The second kappa shape index (κ2) is 5.94. The van der Waals surface area contributed by atoms with Crippen LogP contribution in [0.15, 0.2) is 30.6 Å². The van der Waals surface area contributed by atoms with E-state index in [0.29, 0.717) is 6.61 Å². The smallest absolute Gasteiger partial charge is 0.137 e. The predicted octanol–water partition coefficient (Wildman–Crippen LogP) is 2.37. The summed E-state index contributed by atoms with van der Waals surface area (Å²) in [6, 6.07) is 6.02. The van der Waals surface area contributed by atoms with E-state index in [4.69, 9.17) is 0 Å². The molecule has 2 heterocycles. The summed E-state index contributed by atoms with van der Waals surface area (Å²) in [5, 5.41) is 13.2. The van der Waals surface area contributed by atoms with E-state index in [1.165, 1.54) is 19.3 Å². The monoisotopic (exact) mass is 273 g/mol. The maximum atomic E-state index is 9.69. The van der Waals surface area contributed by atoms with E-state index >= 15 is 0 Å². The van der Waals surface area contributed by atoms with Crippen molar-refractivity contribution in [3.05, 3.63) is 36.3 Å². The van der Waals surface area contributed by atoms with Crippen LogP contribution in [0.3, 0.4) is 0 Å². The van der Waals surface area contributed by atoms with Crippen molar-refractivity contribution in [2.24, 2.45) is 5.41 Å². The molecule has 4 nitrogen and oxygen atoms in total. The molecule has 3 rings (SSSR count). The van der Waals surface area contributed by atoms with Gasteiger partial charge in [-0.2, -0.15) is 0 Å². The van der Waals surface area contributed by atoms with Gasteiger partial charge in [0.25, 0.3) is 0 Å². The van der Waals surface area contributed by atoms with Crippen LogP contribution in [0.25, 0.3) is 5.65 Å². The second-order valence-corrected chi connectivity index (χ2v) is 6.02. The minimum Gasteiger partial charge on any atom is -0.396 e. The number of rotatable bonds is 5. The van der Waals surface area contributed by atoms with Crippen LogP contribution in [0.1, 0.15) is 37.8 Å². The van der Waals surface area contributed by atoms with Crippen LogP contribution in [0, 0.1) is 5.41 Å². The van der Waals surface area contributed by atoms with Gasteiger partial charge in [0.05, 0.1) is 5.69 Å². The lowest BCUT2D eigenvalue weighted by molar-refractivity contribution is 0.0810. The van der Waals surface area contributed by atoms with Gasteiger partial charge in [-0.25, -0.2) is 4.98 Å². The van der Waals surface area contributed by atoms with Crippen LogP contribution >= 0.6 is 0 Å². The summed E-state index contributed by atoms with van der Waals surface area (Å²) < 4.78 is 2.04. The van der Waals surface area contributed by atoms with Gasteiger partial charge in [-0.3, -0.25) is 0 Å². The molecular weight excluding hydrogens is 250 g/mol.